The first-order chi connectivity index (χ1) is 16.3. The van der Waals surface area contributed by atoms with E-state index in [0.29, 0.717) is 18.7 Å². The number of ether oxygens (including phenoxy) is 1. The van der Waals surface area contributed by atoms with E-state index in [0.717, 1.165) is 38.5 Å². The Morgan fingerprint density at radius 1 is 1.18 bits per heavy atom. The number of aliphatic hydroxyl groups is 1. The lowest BCUT2D eigenvalue weighted by molar-refractivity contribution is -0.117. The fourth-order valence-electron chi connectivity index (χ4n) is 3.96. The molecule has 0 saturated heterocycles. The van der Waals surface area contributed by atoms with Crippen LogP contribution in [0.5, 0.6) is 0 Å². The zero-order valence-electron chi connectivity index (χ0n) is 20.9. The molecule has 0 saturated carbocycles. The van der Waals surface area contributed by atoms with E-state index in [2.05, 4.69) is 38.2 Å². The number of rotatable bonds is 14. The largest absolute Gasteiger partial charge is 0.449 e. The molecule has 0 bridgehead atoms. The van der Waals surface area contributed by atoms with Crippen LogP contribution in [0.1, 0.15) is 65.7 Å². The molecule has 186 valence electrons. The highest BCUT2D eigenvalue weighted by atomic mass is 16.5. The van der Waals surface area contributed by atoms with Crippen LogP contribution in [0.2, 0.25) is 0 Å². The summed E-state index contributed by atoms with van der Waals surface area (Å²) in [6.07, 6.45) is 17.1. The van der Waals surface area contributed by atoms with Crippen molar-refractivity contribution in [2.75, 3.05) is 11.9 Å². The fourth-order valence-corrected chi connectivity index (χ4v) is 3.96. The number of allylic oxidation sites excluding steroid dienone is 5. The summed E-state index contributed by atoms with van der Waals surface area (Å²) in [6.45, 7) is 6.72. The smallest absolute Gasteiger partial charge is 0.411 e. The van der Waals surface area contributed by atoms with Gasteiger partial charge >= 0.3 is 6.09 Å². The second kappa shape index (κ2) is 14.6. The first-order valence-electron chi connectivity index (χ1n) is 12.6. The lowest BCUT2D eigenvalue weighted by Crippen LogP contribution is -2.27. The minimum Gasteiger partial charge on any atom is -0.449 e. The van der Waals surface area contributed by atoms with Crippen LogP contribution in [0.15, 0.2) is 66.8 Å². The number of hydrogen-bond acceptors (Lipinski definition) is 4. The van der Waals surface area contributed by atoms with E-state index in [1.54, 1.807) is 6.08 Å². The summed E-state index contributed by atoms with van der Waals surface area (Å²) in [5.74, 6) is 0.0885. The molecule has 2 N–H and O–H groups in total. The molecule has 0 radical (unpaired) electrons. The second-order valence-corrected chi connectivity index (χ2v) is 9.70. The molecule has 0 aromatic heterocycles. The number of aliphatic hydroxyl groups excluding tert-OH is 1. The topological polar surface area (TPSA) is 75.6 Å². The number of para-hydroxylation sites is 1. The van der Waals surface area contributed by atoms with Gasteiger partial charge < -0.3 is 9.84 Å². The molecule has 0 unspecified atom stereocenters. The Kier molecular flexibility index (Phi) is 11.8. The van der Waals surface area contributed by atoms with Gasteiger partial charge in [-0.2, -0.15) is 0 Å². The Morgan fingerprint density at radius 3 is 2.68 bits per heavy atom. The molecule has 1 aromatic rings. The van der Waals surface area contributed by atoms with Gasteiger partial charge in [0.05, 0.1) is 12.7 Å². The number of anilines is 1. The SMILES string of the molecule is CCCCC(C)(C)[C@H](O)/C=C/[C@H]1C=CC(=O)[C@@H]1C/C=C\CCCCOC(=O)Nc1ccccc1. The van der Waals surface area contributed by atoms with Crippen LogP contribution in [-0.2, 0) is 9.53 Å². The van der Waals surface area contributed by atoms with Gasteiger partial charge in [0.2, 0.25) is 0 Å². The average Bonchev–Trinajstić information content (AvgIpc) is 3.17. The number of carbonyl (C=O) groups is 2. The van der Waals surface area contributed by atoms with Crippen molar-refractivity contribution >= 4 is 17.6 Å². The Hall–Kier alpha value is -2.66. The molecule has 1 aromatic carbocycles. The maximum atomic E-state index is 12.3. The predicted octanol–water partition coefficient (Wildman–Crippen LogP) is 6.86. The summed E-state index contributed by atoms with van der Waals surface area (Å²) < 4.78 is 5.20. The molecule has 5 heteroatoms. The van der Waals surface area contributed by atoms with Gasteiger partial charge in [-0.1, -0.05) is 82.2 Å². The summed E-state index contributed by atoms with van der Waals surface area (Å²) in [7, 11) is 0. The number of nitrogens with one attached hydrogen (secondary N) is 1. The molecule has 5 nitrogen and oxygen atoms in total. The first-order valence-corrected chi connectivity index (χ1v) is 12.6. The molecular formula is C29H41NO4. The molecule has 34 heavy (non-hydrogen) atoms. The van der Waals surface area contributed by atoms with Crippen LogP contribution in [-0.4, -0.2) is 29.7 Å². The highest BCUT2D eigenvalue weighted by Crippen LogP contribution is 2.31. The molecule has 0 fully saturated rings. The average molecular weight is 468 g/mol. The minimum absolute atomic E-state index is 0.0327. The summed E-state index contributed by atoms with van der Waals surface area (Å²) in [6, 6.07) is 9.23. The quantitative estimate of drug-likeness (QED) is 0.232. The number of amides is 1. The van der Waals surface area contributed by atoms with Gasteiger partial charge in [0.25, 0.3) is 0 Å². The number of hydrogen-bond donors (Lipinski definition) is 2. The van der Waals surface area contributed by atoms with E-state index in [4.69, 9.17) is 4.74 Å². The Morgan fingerprint density at radius 2 is 1.94 bits per heavy atom. The van der Waals surface area contributed by atoms with Crippen molar-refractivity contribution in [1.29, 1.82) is 0 Å². The van der Waals surface area contributed by atoms with Crippen molar-refractivity contribution in [2.24, 2.45) is 17.3 Å². The van der Waals surface area contributed by atoms with Crippen LogP contribution >= 0.6 is 0 Å². The van der Waals surface area contributed by atoms with E-state index in [1.165, 1.54) is 0 Å². The van der Waals surface area contributed by atoms with Crippen LogP contribution in [0.3, 0.4) is 0 Å². The molecule has 3 atom stereocenters. The zero-order chi connectivity index (χ0) is 24.8. The summed E-state index contributed by atoms with van der Waals surface area (Å²) in [5.41, 5.74) is 0.550. The minimum atomic E-state index is -0.517. The molecular weight excluding hydrogens is 426 g/mol. The van der Waals surface area contributed by atoms with E-state index in [9.17, 15) is 14.7 Å². The predicted molar refractivity (Wildman–Crippen MR) is 139 cm³/mol. The lowest BCUT2D eigenvalue weighted by atomic mass is 9.80. The normalized spacial score (nSPS) is 19.2. The van der Waals surface area contributed by atoms with E-state index >= 15 is 0 Å². The van der Waals surface area contributed by atoms with E-state index < -0.39 is 12.2 Å². The first kappa shape index (κ1) is 27.6. The number of unbranched alkanes of at least 4 members (excludes halogenated alkanes) is 3. The van der Waals surface area contributed by atoms with Crippen molar-refractivity contribution in [2.45, 2.75) is 71.8 Å². The lowest BCUT2D eigenvalue weighted by Gasteiger charge is -2.28. The summed E-state index contributed by atoms with van der Waals surface area (Å²) >= 11 is 0. The molecule has 1 aliphatic rings. The standard InChI is InChI=1S/C29H41NO4/c1-4-5-21-29(2,3)27(32)20-18-23-17-19-26(31)25(23)16-12-7-6-8-13-22-34-28(33)30-24-14-10-9-11-15-24/h7,9-12,14-15,17-20,23,25,27,32H,4-6,8,13,16,21-22H2,1-3H3,(H,30,33)/b12-7-,20-18+/t23-,25-,27-/m1/s1. The highest BCUT2D eigenvalue weighted by Gasteiger charge is 2.29. The van der Waals surface area contributed by atoms with Gasteiger partial charge in [-0.05, 0) is 55.7 Å². The maximum absolute atomic E-state index is 12.3. The second-order valence-electron chi connectivity index (χ2n) is 9.70. The van der Waals surface area contributed by atoms with Crippen LogP contribution < -0.4 is 5.32 Å². The van der Waals surface area contributed by atoms with E-state index in [1.807, 2.05) is 48.6 Å². The van der Waals surface area contributed by atoms with Crippen LogP contribution in [0.25, 0.3) is 0 Å². The number of carbonyl (C=O) groups excluding carboxylic acids is 2. The van der Waals surface area contributed by atoms with Crippen molar-refractivity contribution in [3.63, 3.8) is 0 Å². The van der Waals surface area contributed by atoms with Crippen molar-refractivity contribution in [3.05, 3.63) is 66.8 Å². The van der Waals surface area contributed by atoms with E-state index in [-0.39, 0.29) is 23.0 Å². The van der Waals surface area contributed by atoms with Crippen molar-refractivity contribution in [3.8, 4) is 0 Å². The van der Waals surface area contributed by atoms with Gasteiger partial charge in [0.15, 0.2) is 5.78 Å². The van der Waals surface area contributed by atoms with Crippen molar-refractivity contribution in [1.82, 2.24) is 0 Å². The van der Waals surface area contributed by atoms with Crippen LogP contribution in [0, 0.1) is 17.3 Å². The molecule has 0 spiro atoms. The van der Waals surface area contributed by atoms with Gasteiger partial charge in [-0.15, -0.1) is 0 Å². The molecule has 2 rings (SSSR count). The number of ketones is 1. The number of benzene rings is 1. The third kappa shape index (κ3) is 9.68. The van der Waals surface area contributed by atoms with Gasteiger partial charge in [-0.25, -0.2) is 4.79 Å². The molecule has 1 aliphatic carbocycles. The van der Waals surface area contributed by atoms with Gasteiger partial charge in [-0.3, -0.25) is 10.1 Å². The van der Waals surface area contributed by atoms with Crippen LogP contribution in [0.4, 0.5) is 10.5 Å². The third-order valence-corrected chi connectivity index (χ3v) is 6.38. The Bertz CT molecular complexity index is 841. The highest BCUT2D eigenvalue weighted by molar-refractivity contribution is 5.95. The molecule has 0 aliphatic heterocycles. The Labute approximate surface area is 205 Å². The summed E-state index contributed by atoms with van der Waals surface area (Å²) in [5, 5.41) is 13.3. The monoisotopic (exact) mass is 467 g/mol. The Balaban J connectivity index is 1.66. The van der Waals surface area contributed by atoms with Gasteiger partial charge in [0, 0.05) is 17.5 Å². The third-order valence-electron chi connectivity index (χ3n) is 6.38. The van der Waals surface area contributed by atoms with Gasteiger partial charge in [0.1, 0.15) is 0 Å². The maximum Gasteiger partial charge on any atom is 0.411 e. The zero-order valence-corrected chi connectivity index (χ0v) is 20.9. The molecule has 1 amide bonds. The molecule has 0 heterocycles. The summed E-state index contributed by atoms with van der Waals surface area (Å²) in [4.78, 5) is 24.0. The van der Waals surface area contributed by atoms with Crippen molar-refractivity contribution < 1.29 is 19.4 Å². The fraction of sp³-hybridized carbons (Fsp3) is 0.517.